The SMILES string of the molecule is CCN(CCCN(C)C)CC(C)C(N)c1ccccc1F. The van der Waals surface area contributed by atoms with E-state index in [9.17, 15) is 4.39 Å². The molecule has 0 saturated heterocycles. The van der Waals surface area contributed by atoms with E-state index < -0.39 is 0 Å². The van der Waals surface area contributed by atoms with Crippen LogP contribution in [0.15, 0.2) is 24.3 Å². The van der Waals surface area contributed by atoms with Crippen LogP contribution < -0.4 is 5.73 Å². The molecule has 0 heterocycles. The van der Waals surface area contributed by atoms with Crippen molar-refractivity contribution in [2.24, 2.45) is 11.7 Å². The van der Waals surface area contributed by atoms with Gasteiger partial charge in [-0.05, 0) is 52.1 Å². The maximum Gasteiger partial charge on any atom is 0.127 e. The summed E-state index contributed by atoms with van der Waals surface area (Å²) in [4.78, 5) is 4.59. The van der Waals surface area contributed by atoms with E-state index in [0.717, 1.165) is 32.6 Å². The van der Waals surface area contributed by atoms with Gasteiger partial charge in [0.2, 0.25) is 0 Å². The fourth-order valence-electron chi connectivity index (χ4n) is 2.56. The van der Waals surface area contributed by atoms with E-state index in [0.29, 0.717) is 5.56 Å². The Morgan fingerprint density at radius 1 is 1.19 bits per heavy atom. The molecule has 0 aliphatic carbocycles. The lowest BCUT2D eigenvalue weighted by atomic mass is 9.94. The molecule has 0 spiro atoms. The molecular formula is C17H30FN3. The monoisotopic (exact) mass is 295 g/mol. The number of hydrogen-bond donors (Lipinski definition) is 1. The fraction of sp³-hybridized carbons (Fsp3) is 0.647. The molecular weight excluding hydrogens is 265 g/mol. The van der Waals surface area contributed by atoms with Gasteiger partial charge >= 0.3 is 0 Å². The van der Waals surface area contributed by atoms with Gasteiger partial charge < -0.3 is 15.5 Å². The second-order valence-corrected chi connectivity index (χ2v) is 6.07. The molecule has 0 aliphatic heterocycles. The van der Waals surface area contributed by atoms with Gasteiger partial charge in [-0.1, -0.05) is 32.0 Å². The molecule has 3 nitrogen and oxygen atoms in total. The van der Waals surface area contributed by atoms with Crippen molar-refractivity contribution in [3.63, 3.8) is 0 Å². The number of benzene rings is 1. The van der Waals surface area contributed by atoms with Crippen molar-refractivity contribution in [2.45, 2.75) is 26.3 Å². The van der Waals surface area contributed by atoms with Crippen LogP contribution in [0, 0.1) is 11.7 Å². The van der Waals surface area contributed by atoms with E-state index in [2.05, 4.69) is 37.7 Å². The van der Waals surface area contributed by atoms with Gasteiger partial charge in [0.15, 0.2) is 0 Å². The third kappa shape index (κ3) is 6.12. The van der Waals surface area contributed by atoms with Crippen molar-refractivity contribution in [3.8, 4) is 0 Å². The Labute approximate surface area is 128 Å². The van der Waals surface area contributed by atoms with Crippen molar-refractivity contribution < 1.29 is 4.39 Å². The van der Waals surface area contributed by atoms with Crippen LogP contribution in [0.3, 0.4) is 0 Å². The first-order valence-corrected chi connectivity index (χ1v) is 7.82. The van der Waals surface area contributed by atoms with Crippen molar-refractivity contribution in [1.29, 1.82) is 0 Å². The molecule has 0 fully saturated rings. The largest absolute Gasteiger partial charge is 0.324 e. The van der Waals surface area contributed by atoms with E-state index in [-0.39, 0.29) is 17.8 Å². The van der Waals surface area contributed by atoms with E-state index in [1.807, 2.05) is 6.07 Å². The fourth-order valence-corrected chi connectivity index (χ4v) is 2.56. The quantitative estimate of drug-likeness (QED) is 0.760. The molecule has 1 aromatic rings. The maximum absolute atomic E-state index is 13.8. The second-order valence-electron chi connectivity index (χ2n) is 6.07. The molecule has 1 aromatic carbocycles. The highest BCUT2D eigenvalue weighted by molar-refractivity contribution is 5.21. The lowest BCUT2D eigenvalue weighted by molar-refractivity contribution is 0.220. The number of nitrogens with zero attached hydrogens (tertiary/aromatic N) is 2. The van der Waals surface area contributed by atoms with Crippen LogP contribution in [0.1, 0.15) is 31.9 Å². The summed E-state index contributed by atoms with van der Waals surface area (Å²) in [5.74, 6) is 0.0220. The Morgan fingerprint density at radius 2 is 1.86 bits per heavy atom. The Kier molecular flexibility index (Phi) is 7.86. The Bertz CT molecular complexity index is 409. The van der Waals surface area contributed by atoms with E-state index in [1.165, 1.54) is 6.07 Å². The molecule has 21 heavy (non-hydrogen) atoms. The zero-order chi connectivity index (χ0) is 15.8. The topological polar surface area (TPSA) is 32.5 Å². The Hall–Kier alpha value is -0.970. The van der Waals surface area contributed by atoms with Crippen LogP contribution in [0.5, 0.6) is 0 Å². The molecule has 0 aliphatic rings. The van der Waals surface area contributed by atoms with Crippen LogP contribution in [0.2, 0.25) is 0 Å². The van der Waals surface area contributed by atoms with Crippen molar-refractivity contribution >= 4 is 0 Å². The Morgan fingerprint density at radius 3 is 2.43 bits per heavy atom. The summed E-state index contributed by atoms with van der Waals surface area (Å²) in [6.45, 7) is 8.32. The third-order valence-electron chi connectivity index (χ3n) is 3.95. The number of rotatable bonds is 9. The first kappa shape index (κ1) is 18.1. The normalized spacial score (nSPS) is 14.7. The molecule has 4 heteroatoms. The van der Waals surface area contributed by atoms with Gasteiger partial charge in [0, 0.05) is 18.2 Å². The summed E-state index contributed by atoms with van der Waals surface area (Å²) in [6.07, 6.45) is 1.14. The molecule has 120 valence electrons. The minimum Gasteiger partial charge on any atom is -0.324 e. The first-order valence-electron chi connectivity index (χ1n) is 7.82. The number of nitrogens with two attached hydrogens (primary N) is 1. The zero-order valence-electron chi connectivity index (χ0n) is 13.8. The van der Waals surface area contributed by atoms with Gasteiger partial charge in [0.05, 0.1) is 0 Å². The lowest BCUT2D eigenvalue weighted by Crippen LogP contribution is -2.35. The highest BCUT2D eigenvalue weighted by Gasteiger charge is 2.20. The van der Waals surface area contributed by atoms with Gasteiger partial charge in [0.25, 0.3) is 0 Å². The smallest absolute Gasteiger partial charge is 0.127 e. The highest BCUT2D eigenvalue weighted by atomic mass is 19.1. The summed E-state index contributed by atoms with van der Waals surface area (Å²) >= 11 is 0. The Balaban J connectivity index is 2.53. The van der Waals surface area contributed by atoms with Gasteiger partial charge in [-0.25, -0.2) is 4.39 Å². The molecule has 0 saturated carbocycles. The molecule has 0 radical (unpaired) electrons. The molecule has 2 unspecified atom stereocenters. The van der Waals surface area contributed by atoms with E-state index in [1.54, 1.807) is 12.1 Å². The van der Waals surface area contributed by atoms with Crippen molar-refractivity contribution in [3.05, 3.63) is 35.6 Å². The van der Waals surface area contributed by atoms with Gasteiger partial charge in [-0.2, -0.15) is 0 Å². The third-order valence-corrected chi connectivity index (χ3v) is 3.95. The van der Waals surface area contributed by atoms with Crippen LogP contribution in [0.25, 0.3) is 0 Å². The molecule has 1 rings (SSSR count). The summed E-state index contributed by atoms with van der Waals surface area (Å²) in [5.41, 5.74) is 6.86. The summed E-state index contributed by atoms with van der Waals surface area (Å²) in [6, 6.07) is 6.57. The molecule has 2 N–H and O–H groups in total. The average Bonchev–Trinajstić information content (AvgIpc) is 2.45. The van der Waals surface area contributed by atoms with Crippen molar-refractivity contribution in [1.82, 2.24) is 9.80 Å². The zero-order valence-corrected chi connectivity index (χ0v) is 13.8. The summed E-state index contributed by atoms with van der Waals surface area (Å²) < 4.78 is 13.8. The number of hydrogen-bond acceptors (Lipinski definition) is 3. The van der Waals surface area contributed by atoms with Crippen LogP contribution in [-0.4, -0.2) is 50.1 Å². The molecule has 2 atom stereocenters. The molecule has 0 aromatic heterocycles. The molecule has 0 amide bonds. The molecule has 0 bridgehead atoms. The minimum atomic E-state index is -0.255. The minimum absolute atomic E-state index is 0.201. The first-order chi connectivity index (χ1) is 9.95. The summed E-state index contributed by atoms with van der Waals surface area (Å²) in [5, 5.41) is 0. The van der Waals surface area contributed by atoms with Crippen LogP contribution >= 0.6 is 0 Å². The standard InChI is InChI=1S/C17H30FN3/c1-5-21(12-8-11-20(3)4)13-14(2)17(19)15-9-6-7-10-16(15)18/h6-7,9-10,14,17H,5,8,11-13,19H2,1-4H3. The number of halogens is 1. The lowest BCUT2D eigenvalue weighted by Gasteiger charge is -2.28. The predicted molar refractivity (Wildman–Crippen MR) is 87.8 cm³/mol. The van der Waals surface area contributed by atoms with Gasteiger partial charge in [-0.3, -0.25) is 0 Å². The van der Waals surface area contributed by atoms with Gasteiger partial charge in [-0.15, -0.1) is 0 Å². The van der Waals surface area contributed by atoms with Crippen LogP contribution in [-0.2, 0) is 0 Å². The average molecular weight is 295 g/mol. The van der Waals surface area contributed by atoms with E-state index in [4.69, 9.17) is 5.73 Å². The van der Waals surface area contributed by atoms with E-state index >= 15 is 0 Å². The van der Waals surface area contributed by atoms with Crippen molar-refractivity contribution in [2.75, 3.05) is 40.3 Å². The highest BCUT2D eigenvalue weighted by Crippen LogP contribution is 2.22. The van der Waals surface area contributed by atoms with Crippen LogP contribution in [0.4, 0.5) is 4.39 Å². The van der Waals surface area contributed by atoms with Gasteiger partial charge in [0.1, 0.15) is 5.82 Å². The summed E-state index contributed by atoms with van der Waals surface area (Å²) in [7, 11) is 4.18. The maximum atomic E-state index is 13.8. The second kappa shape index (κ2) is 9.13. The predicted octanol–water partition coefficient (Wildman–Crippen LogP) is 2.74.